The Labute approximate surface area is 97.6 Å². The third-order valence-electron chi connectivity index (χ3n) is 2.47. The molecule has 1 aromatic carbocycles. The first-order chi connectivity index (χ1) is 7.76. The predicted octanol–water partition coefficient (Wildman–Crippen LogP) is 3.71. The van der Waals surface area contributed by atoms with Crippen LogP contribution in [0.2, 0.25) is 0 Å². The zero-order valence-electron chi connectivity index (χ0n) is 9.74. The van der Waals surface area contributed by atoms with Gasteiger partial charge in [-0.2, -0.15) is 5.26 Å². The lowest BCUT2D eigenvalue weighted by molar-refractivity contribution is 0.663. The summed E-state index contributed by atoms with van der Waals surface area (Å²) in [7, 11) is 0. The summed E-state index contributed by atoms with van der Waals surface area (Å²) in [6, 6.07) is 10.1. The molecular weight excluding hydrogens is 196 g/mol. The van der Waals surface area contributed by atoms with Gasteiger partial charge in [0.1, 0.15) is 0 Å². The summed E-state index contributed by atoms with van der Waals surface area (Å²) in [5.74, 6) is 0. The fourth-order valence-corrected chi connectivity index (χ4v) is 1.57. The average Bonchev–Trinajstić information content (AvgIpc) is 2.30. The van der Waals surface area contributed by atoms with Crippen LogP contribution in [0, 0.1) is 11.3 Å². The van der Waals surface area contributed by atoms with Crippen molar-refractivity contribution in [1.29, 1.82) is 5.26 Å². The van der Waals surface area contributed by atoms with Gasteiger partial charge in [-0.1, -0.05) is 6.08 Å². The summed E-state index contributed by atoms with van der Waals surface area (Å²) in [5, 5.41) is 12.1. The Kier molecular flexibility index (Phi) is 5.15. The maximum atomic E-state index is 8.67. The summed E-state index contributed by atoms with van der Waals surface area (Å²) >= 11 is 0. The Bertz CT molecular complexity index is 359. The van der Waals surface area contributed by atoms with Crippen molar-refractivity contribution in [2.24, 2.45) is 0 Å². The lowest BCUT2D eigenvalue weighted by Crippen LogP contribution is -2.14. The van der Waals surface area contributed by atoms with Gasteiger partial charge in [0.25, 0.3) is 0 Å². The summed E-state index contributed by atoms with van der Waals surface area (Å²) in [4.78, 5) is 0. The van der Waals surface area contributed by atoms with Gasteiger partial charge in [-0.05, 0) is 50.5 Å². The number of benzene rings is 1. The van der Waals surface area contributed by atoms with E-state index in [4.69, 9.17) is 5.26 Å². The highest BCUT2D eigenvalue weighted by Crippen LogP contribution is 2.12. The monoisotopic (exact) mass is 214 g/mol. The highest BCUT2D eigenvalue weighted by molar-refractivity contribution is 5.47. The summed E-state index contributed by atoms with van der Waals surface area (Å²) < 4.78 is 0. The van der Waals surface area contributed by atoms with Crippen LogP contribution in [0.1, 0.15) is 31.7 Å². The molecule has 16 heavy (non-hydrogen) atoms. The molecule has 0 heterocycles. The number of anilines is 1. The molecule has 1 N–H and O–H groups in total. The van der Waals surface area contributed by atoms with Gasteiger partial charge in [-0.25, -0.2) is 0 Å². The van der Waals surface area contributed by atoms with Crippen molar-refractivity contribution >= 4 is 5.69 Å². The minimum atomic E-state index is 0.452. The van der Waals surface area contributed by atoms with E-state index in [0.29, 0.717) is 11.6 Å². The van der Waals surface area contributed by atoms with Crippen molar-refractivity contribution < 1.29 is 0 Å². The molecule has 0 amide bonds. The number of unbranched alkanes of at least 4 members (excludes halogenated alkanes) is 1. The number of nitriles is 1. The van der Waals surface area contributed by atoms with Crippen LogP contribution in [0.25, 0.3) is 0 Å². The van der Waals surface area contributed by atoms with E-state index < -0.39 is 0 Å². The van der Waals surface area contributed by atoms with Crippen LogP contribution in [-0.2, 0) is 0 Å². The lowest BCUT2D eigenvalue weighted by atomic mass is 10.1. The van der Waals surface area contributed by atoms with E-state index >= 15 is 0 Å². The van der Waals surface area contributed by atoms with Gasteiger partial charge >= 0.3 is 0 Å². The lowest BCUT2D eigenvalue weighted by Gasteiger charge is -2.14. The molecule has 0 aliphatic carbocycles. The van der Waals surface area contributed by atoms with E-state index in [-0.39, 0.29) is 0 Å². The van der Waals surface area contributed by atoms with Gasteiger partial charge in [0, 0.05) is 11.7 Å². The fraction of sp³-hybridized carbons (Fsp3) is 0.357. The highest BCUT2D eigenvalue weighted by atomic mass is 14.9. The molecule has 0 aliphatic rings. The van der Waals surface area contributed by atoms with Crippen molar-refractivity contribution in [2.75, 3.05) is 5.32 Å². The molecule has 1 aromatic rings. The molecule has 0 aliphatic heterocycles. The number of nitrogens with one attached hydrogen (secondary N) is 1. The van der Waals surface area contributed by atoms with Gasteiger partial charge in [0.2, 0.25) is 0 Å². The topological polar surface area (TPSA) is 35.8 Å². The molecule has 1 unspecified atom stereocenters. The first-order valence-electron chi connectivity index (χ1n) is 5.64. The van der Waals surface area contributed by atoms with E-state index in [1.807, 2.05) is 30.3 Å². The van der Waals surface area contributed by atoms with Gasteiger partial charge in [0.05, 0.1) is 11.6 Å². The molecule has 0 bridgehead atoms. The Morgan fingerprint density at radius 2 is 2.12 bits per heavy atom. The zero-order valence-corrected chi connectivity index (χ0v) is 9.74. The Morgan fingerprint density at radius 1 is 1.44 bits per heavy atom. The molecule has 0 saturated carbocycles. The minimum Gasteiger partial charge on any atom is -0.383 e. The first-order valence-corrected chi connectivity index (χ1v) is 5.64. The quantitative estimate of drug-likeness (QED) is 0.578. The second kappa shape index (κ2) is 6.68. The smallest absolute Gasteiger partial charge is 0.0991 e. The summed E-state index contributed by atoms with van der Waals surface area (Å²) in [6.07, 6.45) is 5.31. The van der Waals surface area contributed by atoms with E-state index in [1.54, 1.807) is 0 Å². The van der Waals surface area contributed by atoms with Crippen LogP contribution < -0.4 is 5.32 Å². The maximum Gasteiger partial charge on any atom is 0.0991 e. The molecular formula is C14H18N2. The van der Waals surface area contributed by atoms with Crippen molar-refractivity contribution in [2.45, 2.75) is 32.2 Å². The van der Waals surface area contributed by atoms with Crippen LogP contribution in [0.5, 0.6) is 0 Å². The van der Waals surface area contributed by atoms with Crippen molar-refractivity contribution in [1.82, 2.24) is 0 Å². The molecule has 0 aromatic heterocycles. The normalized spacial score (nSPS) is 11.5. The maximum absolute atomic E-state index is 8.67. The molecule has 2 heteroatoms. The highest BCUT2D eigenvalue weighted by Gasteiger charge is 2.01. The van der Waals surface area contributed by atoms with Crippen molar-refractivity contribution in [3.63, 3.8) is 0 Å². The zero-order chi connectivity index (χ0) is 11.8. The third-order valence-corrected chi connectivity index (χ3v) is 2.47. The molecule has 2 nitrogen and oxygen atoms in total. The Morgan fingerprint density at radius 3 is 2.69 bits per heavy atom. The molecule has 0 radical (unpaired) electrons. The second-order valence-electron chi connectivity index (χ2n) is 3.95. The predicted molar refractivity (Wildman–Crippen MR) is 68.3 cm³/mol. The number of hydrogen-bond acceptors (Lipinski definition) is 2. The number of nitrogens with zero attached hydrogens (tertiary/aromatic N) is 1. The Hall–Kier alpha value is -1.75. The SMILES string of the molecule is C=CCCCC(C)Nc1ccc(C#N)cc1. The Balaban J connectivity index is 2.40. The number of allylic oxidation sites excluding steroid dienone is 1. The van der Waals surface area contributed by atoms with E-state index in [2.05, 4.69) is 24.9 Å². The summed E-state index contributed by atoms with van der Waals surface area (Å²) in [5.41, 5.74) is 1.77. The largest absolute Gasteiger partial charge is 0.383 e. The molecule has 0 saturated heterocycles. The number of rotatable bonds is 6. The minimum absolute atomic E-state index is 0.452. The molecule has 0 spiro atoms. The summed E-state index contributed by atoms with van der Waals surface area (Å²) in [6.45, 7) is 5.88. The van der Waals surface area contributed by atoms with E-state index in [9.17, 15) is 0 Å². The van der Waals surface area contributed by atoms with Crippen LogP contribution in [0.3, 0.4) is 0 Å². The van der Waals surface area contributed by atoms with Gasteiger partial charge in [0.15, 0.2) is 0 Å². The van der Waals surface area contributed by atoms with Crippen LogP contribution in [0.4, 0.5) is 5.69 Å². The van der Waals surface area contributed by atoms with Gasteiger partial charge < -0.3 is 5.32 Å². The van der Waals surface area contributed by atoms with Crippen molar-refractivity contribution in [3.05, 3.63) is 42.5 Å². The molecule has 84 valence electrons. The van der Waals surface area contributed by atoms with Crippen LogP contribution in [0.15, 0.2) is 36.9 Å². The molecule has 0 fully saturated rings. The van der Waals surface area contributed by atoms with E-state index in [0.717, 1.165) is 24.9 Å². The van der Waals surface area contributed by atoms with Crippen LogP contribution >= 0.6 is 0 Å². The average molecular weight is 214 g/mol. The molecule has 1 rings (SSSR count). The van der Waals surface area contributed by atoms with Crippen LogP contribution in [-0.4, -0.2) is 6.04 Å². The van der Waals surface area contributed by atoms with Crippen molar-refractivity contribution in [3.8, 4) is 6.07 Å². The first kappa shape index (κ1) is 12.3. The fourth-order valence-electron chi connectivity index (χ4n) is 1.57. The molecule has 1 atom stereocenters. The van der Waals surface area contributed by atoms with Gasteiger partial charge in [-0.15, -0.1) is 6.58 Å². The third kappa shape index (κ3) is 4.18. The number of hydrogen-bond donors (Lipinski definition) is 1. The standard InChI is InChI=1S/C14H18N2/c1-3-4-5-6-12(2)16-14-9-7-13(11-15)8-10-14/h3,7-10,12,16H,1,4-6H2,2H3. The van der Waals surface area contributed by atoms with E-state index in [1.165, 1.54) is 0 Å². The second-order valence-corrected chi connectivity index (χ2v) is 3.95. The van der Waals surface area contributed by atoms with Gasteiger partial charge in [-0.3, -0.25) is 0 Å².